The van der Waals surface area contributed by atoms with Crippen LogP contribution in [-0.4, -0.2) is 68.4 Å². The van der Waals surface area contributed by atoms with E-state index in [2.05, 4.69) is 9.88 Å². The Morgan fingerprint density at radius 1 is 1.11 bits per heavy atom. The molecule has 1 fully saturated rings. The number of hydrogen-bond acceptors (Lipinski definition) is 4. The Morgan fingerprint density at radius 3 is 2.08 bits per heavy atom. The minimum absolute atomic E-state index is 0.0159. The largest absolute Gasteiger partial charge is 0.386 e. The number of halogens is 5. The van der Waals surface area contributed by atoms with Gasteiger partial charge in [0.15, 0.2) is 0 Å². The molecule has 214 valence electrons. The van der Waals surface area contributed by atoms with Gasteiger partial charge in [-0.1, -0.05) is 26.0 Å². The summed E-state index contributed by atoms with van der Waals surface area (Å²) in [5.41, 5.74) is 2.69. The zero-order valence-electron chi connectivity index (χ0n) is 23.0. The molecule has 0 unspecified atom stereocenters. The third-order valence-corrected chi connectivity index (χ3v) is 7.87. The van der Waals surface area contributed by atoms with Crippen molar-refractivity contribution in [2.24, 2.45) is 0 Å². The molecule has 0 saturated carbocycles. The van der Waals surface area contributed by atoms with Crippen LogP contribution in [0.4, 0.5) is 22.0 Å². The lowest BCUT2D eigenvalue weighted by Gasteiger charge is -2.34. The lowest BCUT2D eigenvalue weighted by molar-refractivity contribution is -0.110. The molecule has 0 bridgehead atoms. The molecule has 1 aliphatic heterocycles. The lowest BCUT2D eigenvalue weighted by atomic mass is 9.98. The monoisotopic (exact) mass is 563 g/mol. The van der Waals surface area contributed by atoms with Crippen molar-refractivity contribution in [2.75, 3.05) is 27.2 Å². The first-order valence-electron chi connectivity index (χ1n) is 12.4. The molecule has 0 atom stereocenters. The molecule has 2 aromatic rings. The van der Waals surface area contributed by atoms with Crippen molar-refractivity contribution in [3.05, 3.63) is 53.4 Å². The number of likely N-dealkylation sites (tertiary alicyclic amines) is 1. The van der Waals surface area contributed by atoms with Crippen LogP contribution in [0.1, 0.15) is 51.8 Å². The summed E-state index contributed by atoms with van der Waals surface area (Å²) in [6.07, 6.45) is -1.87. The van der Waals surface area contributed by atoms with Gasteiger partial charge in [0.05, 0.1) is 4.90 Å². The number of alkyl halides is 5. The van der Waals surface area contributed by atoms with Gasteiger partial charge in [-0.15, -0.1) is 0 Å². The molecule has 0 aliphatic carbocycles. The fourth-order valence-electron chi connectivity index (χ4n) is 3.83. The zero-order valence-corrected chi connectivity index (χ0v) is 23.8. The number of sulfonamides is 1. The van der Waals surface area contributed by atoms with Gasteiger partial charge < -0.3 is 4.90 Å². The quantitative estimate of drug-likeness (QED) is 0.354. The average molecular weight is 564 g/mol. The van der Waals surface area contributed by atoms with Gasteiger partial charge in [-0.25, -0.2) is 17.2 Å². The predicted molar refractivity (Wildman–Crippen MR) is 143 cm³/mol. The minimum Gasteiger partial charge on any atom is -0.306 e. The number of nitrogens with zero attached hydrogens (tertiary/aromatic N) is 3. The summed E-state index contributed by atoms with van der Waals surface area (Å²) in [6.45, 7) is 9.09. The van der Waals surface area contributed by atoms with Crippen LogP contribution in [0.3, 0.4) is 0 Å². The van der Waals surface area contributed by atoms with Crippen molar-refractivity contribution >= 4 is 16.1 Å². The Bertz CT molecular complexity index is 1140. The predicted octanol–water partition coefficient (Wildman–Crippen LogP) is 7.03. The molecule has 0 spiro atoms. The van der Waals surface area contributed by atoms with Crippen LogP contribution in [0.25, 0.3) is 17.2 Å². The minimum atomic E-state index is -4.00. The smallest absolute Gasteiger partial charge is 0.306 e. The molecule has 38 heavy (non-hydrogen) atoms. The molecular weight excluding hydrogens is 525 g/mol. The van der Waals surface area contributed by atoms with E-state index in [4.69, 9.17) is 0 Å². The van der Waals surface area contributed by atoms with E-state index in [-0.39, 0.29) is 23.4 Å². The zero-order chi connectivity index (χ0) is 29.3. The van der Waals surface area contributed by atoms with Crippen LogP contribution in [-0.2, 0) is 10.0 Å². The van der Waals surface area contributed by atoms with E-state index in [9.17, 15) is 30.4 Å². The Hall–Kier alpha value is -2.37. The molecule has 3 rings (SSSR count). The van der Waals surface area contributed by atoms with Crippen molar-refractivity contribution < 1.29 is 30.4 Å². The van der Waals surface area contributed by atoms with Crippen molar-refractivity contribution in [1.29, 1.82) is 0 Å². The van der Waals surface area contributed by atoms with Crippen LogP contribution >= 0.6 is 0 Å². The molecule has 2 heterocycles. The molecule has 1 aromatic carbocycles. The van der Waals surface area contributed by atoms with Gasteiger partial charge in [0.1, 0.15) is 0 Å². The maximum atomic E-state index is 13.1. The highest BCUT2D eigenvalue weighted by molar-refractivity contribution is 7.89. The van der Waals surface area contributed by atoms with Crippen molar-refractivity contribution in [3.63, 3.8) is 0 Å². The molecule has 1 aromatic heterocycles. The summed E-state index contributed by atoms with van der Waals surface area (Å²) in [5, 5.41) is 0. The van der Waals surface area contributed by atoms with E-state index in [1.165, 1.54) is 17.3 Å². The van der Waals surface area contributed by atoms with E-state index >= 15 is 0 Å². The number of piperidine rings is 1. The fraction of sp³-hybridized carbons (Fsp3) is 0.519. The van der Waals surface area contributed by atoms with Crippen LogP contribution in [0.5, 0.6) is 0 Å². The van der Waals surface area contributed by atoms with Crippen molar-refractivity contribution in [3.8, 4) is 11.1 Å². The number of hydrogen-bond donors (Lipinski definition) is 0. The molecular formula is C27H38F5N3O2S. The lowest BCUT2D eigenvalue weighted by Crippen LogP contribution is -2.44. The molecule has 0 amide bonds. The van der Waals surface area contributed by atoms with Crippen molar-refractivity contribution in [2.45, 2.75) is 71.0 Å². The molecule has 1 saturated heterocycles. The highest BCUT2D eigenvalue weighted by Gasteiger charge is 2.30. The summed E-state index contributed by atoms with van der Waals surface area (Å²) in [4.78, 5) is 6.64. The molecule has 11 heteroatoms. The number of benzene rings is 1. The van der Waals surface area contributed by atoms with Gasteiger partial charge in [-0.2, -0.15) is 17.5 Å². The second-order valence-electron chi connectivity index (χ2n) is 8.91. The molecule has 0 radical (unpaired) electrons. The number of pyridine rings is 1. The third-order valence-electron chi connectivity index (χ3n) is 5.95. The van der Waals surface area contributed by atoms with Gasteiger partial charge in [0.25, 0.3) is 6.43 Å². The van der Waals surface area contributed by atoms with Gasteiger partial charge in [0.2, 0.25) is 10.0 Å². The third kappa shape index (κ3) is 10.1. The van der Waals surface area contributed by atoms with E-state index in [1.807, 2.05) is 20.9 Å². The topological polar surface area (TPSA) is 53.5 Å². The van der Waals surface area contributed by atoms with E-state index in [1.54, 1.807) is 50.5 Å². The SMILES string of the molecule is C/C(=C\c1c(-c2ccc(S(=O)(=O)N(C)C3CCN(C)CC3)cc2)ccnc1C)C(F)F.CC.CC(F)(F)F. The summed E-state index contributed by atoms with van der Waals surface area (Å²) in [7, 11) is 0.0664. The van der Waals surface area contributed by atoms with Gasteiger partial charge in [0, 0.05) is 37.5 Å². The number of aromatic nitrogens is 1. The Kier molecular flexibility index (Phi) is 13.0. The first-order chi connectivity index (χ1) is 17.6. The first-order valence-corrected chi connectivity index (χ1v) is 13.8. The second kappa shape index (κ2) is 14.7. The Labute approximate surface area is 223 Å². The van der Waals surface area contributed by atoms with Gasteiger partial charge >= 0.3 is 6.18 Å². The van der Waals surface area contributed by atoms with Crippen LogP contribution in [0, 0.1) is 6.92 Å². The standard InChI is InChI=1S/C23H29F2N3O2S.C2H3F3.C2H6/c1-16(23(24)25)15-22-17(2)26-12-9-21(22)18-5-7-20(8-6-18)31(29,30)28(4)19-10-13-27(3)14-11-19;1-2(3,4)5;1-2/h5-9,12,15,19,23H,10-11,13-14H2,1-4H3;1H3;1-2H3/b16-15+;;. The van der Waals surface area contributed by atoms with E-state index < -0.39 is 22.6 Å². The van der Waals surface area contributed by atoms with E-state index in [0.29, 0.717) is 11.3 Å². The molecule has 5 nitrogen and oxygen atoms in total. The first kappa shape index (κ1) is 33.7. The maximum Gasteiger partial charge on any atom is 0.386 e. The maximum absolute atomic E-state index is 13.1. The highest BCUT2D eigenvalue weighted by Crippen LogP contribution is 2.30. The number of allylic oxidation sites excluding steroid dienone is 1. The highest BCUT2D eigenvalue weighted by atomic mass is 32.2. The average Bonchev–Trinajstić information content (AvgIpc) is 2.85. The summed E-state index contributed by atoms with van der Waals surface area (Å²) < 4.78 is 84.9. The molecule has 0 N–H and O–H groups in total. The fourth-order valence-corrected chi connectivity index (χ4v) is 5.25. The molecule has 1 aliphatic rings. The van der Waals surface area contributed by atoms with Crippen LogP contribution in [0.2, 0.25) is 0 Å². The second-order valence-corrected chi connectivity index (χ2v) is 10.9. The van der Waals surface area contributed by atoms with Crippen molar-refractivity contribution in [1.82, 2.24) is 14.2 Å². The van der Waals surface area contributed by atoms with E-state index in [0.717, 1.165) is 37.1 Å². The Balaban J connectivity index is 0.000000924. The summed E-state index contributed by atoms with van der Waals surface area (Å²) in [5.74, 6) is 0. The van der Waals surface area contributed by atoms with Gasteiger partial charge in [-0.3, -0.25) is 4.98 Å². The Morgan fingerprint density at radius 2 is 1.61 bits per heavy atom. The van der Waals surface area contributed by atoms with Crippen LogP contribution in [0.15, 0.2) is 47.0 Å². The number of rotatable bonds is 6. The summed E-state index contributed by atoms with van der Waals surface area (Å²) >= 11 is 0. The normalized spacial score (nSPS) is 15.6. The van der Waals surface area contributed by atoms with Crippen LogP contribution < -0.4 is 0 Å². The van der Waals surface area contributed by atoms with Gasteiger partial charge in [-0.05, 0) is 87.8 Å². The number of aryl methyl sites for hydroxylation is 1. The summed E-state index contributed by atoms with van der Waals surface area (Å²) in [6, 6.07) is 8.35.